The predicted octanol–water partition coefficient (Wildman–Crippen LogP) is 6.60. The summed E-state index contributed by atoms with van der Waals surface area (Å²) < 4.78 is 7.75. The molecule has 1 aliphatic rings. The van der Waals surface area contributed by atoms with Crippen LogP contribution < -0.4 is 9.64 Å². The van der Waals surface area contributed by atoms with E-state index < -0.39 is 0 Å². The molecule has 0 radical (unpaired) electrons. The van der Waals surface area contributed by atoms with Crippen molar-refractivity contribution in [2.45, 2.75) is 51.5 Å². The number of thiazole rings is 1. The van der Waals surface area contributed by atoms with Gasteiger partial charge in [-0.25, -0.2) is 4.98 Å². The Bertz CT molecular complexity index is 1470. The first-order chi connectivity index (χ1) is 19.3. The lowest BCUT2D eigenvalue weighted by Gasteiger charge is -2.32. The van der Waals surface area contributed by atoms with Crippen molar-refractivity contribution in [1.29, 1.82) is 0 Å². The number of fused-ring (bicyclic) bond motifs is 1. The Labute approximate surface area is 244 Å². The third kappa shape index (κ3) is 6.09. The molecule has 0 spiro atoms. The van der Waals surface area contributed by atoms with Gasteiger partial charge in [0.25, 0.3) is 5.91 Å². The number of hydrogen-bond donors (Lipinski definition) is 0. The maximum atomic E-state index is 14.1. The summed E-state index contributed by atoms with van der Waals surface area (Å²) in [6.07, 6.45) is 7.30. The van der Waals surface area contributed by atoms with Crippen LogP contribution in [0.3, 0.4) is 0 Å². The molecule has 2 aromatic heterocycles. The van der Waals surface area contributed by atoms with Crippen LogP contribution in [0.25, 0.3) is 10.9 Å². The van der Waals surface area contributed by atoms with Crippen molar-refractivity contribution >= 4 is 50.8 Å². The Hall–Kier alpha value is -3.20. The Morgan fingerprint density at radius 1 is 1.10 bits per heavy atom. The van der Waals surface area contributed by atoms with Crippen LogP contribution in [0.4, 0.5) is 5.13 Å². The fraction of sp³-hybridized carbons (Fsp3) is 0.387. The Balaban J connectivity index is 1.55. The summed E-state index contributed by atoms with van der Waals surface area (Å²) in [6.45, 7) is 3.23. The van der Waals surface area contributed by atoms with Gasteiger partial charge in [0.2, 0.25) is 5.91 Å². The largest absolute Gasteiger partial charge is 0.492 e. The van der Waals surface area contributed by atoms with Gasteiger partial charge in [-0.05, 0) is 81.9 Å². The van der Waals surface area contributed by atoms with Crippen LogP contribution in [-0.4, -0.2) is 59.6 Å². The second kappa shape index (κ2) is 12.5. The zero-order chi connectivity index (χ0) is 28.2. The van der Waals surface area contributed by atoms with Crippen molar-refractivity contribution in [3.8, 4) is 5.75 Å². The summed E-state index contributed by atoms with van der Waals surface area (Å²) in [5, 5.41) is 4.07. The van der Waals surface area contributed by atoms with Crippen molar-refractivity contribution in [2.75, 3.05) is 32.1 Å². The molecule has 0 saturated heterocycles. The molecule has 1 aliphatic carbocycles. The van der Waals surface area contributed by atoms with Crippen LogP contribution in [0.2, 0.25) is 5.02 Å². The summed E-state index contributed by atoms with van der Waals surface area (Å²) in [5.41, 5.74) is 2.85. The van der Waals surface area contributed by atoms with Crippen molar-refractivity contribution in [2.24, 2.45) is 0 Å². The van der Waals surface area contributed by atoms with E-state index in [0.717, 1.165) is 59.5 Å². The van der Waals surface area contributed by atoms with Crippen molar-refractivity contribution in [3.05, 3.63) is 75.9 Å². The van der Waals surface area contributed by atoms with E-state index in [9.17, 15) is 9.59 Å². The minimum absolute atomic E-state index is 0.00173. The van der Waals surface area contributed by atoms with Gasteiger partial charge in [-0.3, -0.25) is 19.1 Å². The SMILES string of the molecule is Cc1c(CC(=O)N(c2nccs2)C2CCCCC2)c2cc(OCCN(C)C)ccc2n1C(=O)c1ccc(Cl)cc1. The lowest BCUT2D eigenvalue weighted by atomic mass is 9.94. The van der Waals surface area contributed by atoms with Gasteiger partial charge in [0.05, 0.1) is 11.9 Å². The lowest BCUT2D eigenvalue weighted by Crippen LogP contribution is -2.42. The average molecular weight is 579 g/mol. The van der Waals surface area contributed by atoms with Crippen LogP contribution in [0, 0.1) is 6.92 Å². The van der Waals surface area contributed by atoms with E-state index in [4.69, 9.17) is 16.3 Å². The number of amides is 1. The molecular formula is C31H35ClN4O3S. The molecule has 1 fully saturated rings. The number of halogens is 1. The van der Waals surface area contributed by atoms with E-state index in [-0.39, 0.29) is 24.3 Å². The summed E-state index contributed by atoms with van der Waals surface area (Å²) in [7, 11) is 4.01. The molecule has 0 N–H and O–H groups in total. The molecule has 0 bridgehead atoms. The number of anilines is 1. The fourth-order valence-corrected chi connectivity index (χ4v) is 6.34. The molecular weight excluding hydrogens is 544 g/mol. The molecule has 2 heterocycles. The monoisotopic (exact) mass is 578 g/mol. The van der Waals surface area contributed by atoms with E-state index in [1.165, 1.54) is 17.8 Å². The van der Waals surface area contributed by atoms with E-state index in [1.807, 2.05) is 49.5 Å². The molecule has 0 unspecified atom stereocenters. The molecule has 1 saturated carbocycles. The van der Waals surface area contributed by atoms with Crippen molar-refractivity contribution in [1.82, 2.24) is 14.5 Å². The molecule has 0 atom stereocenters. The summed E-state index contributed by atoms with van der Waals surface area (Å²) in [6, 6.07) is 12.8. The molecule has 9 heteroatoms. The zero-order valence-corrected chi connectivity index (χ0v) is 24.8. The Morgan fingerprint density at radius 3 is 2.52 bits per heavy atom. The lowest BCUT2D eigenvalue weighted by molar-refractivity contribution is -0.118. The number of hydrogen-bond acceptors (Lipinski definition) is 6. The molecule has 1 amide bonds. The van der Waals surface area contributed by atoms with Crippen LogP contribution in [0.1, 0.15) is 53.7 Å². The van der Waals surface area contributed by atoms with Gasteiger partial charge in [-0.15, -0.1) is 11.3 Å². The molecule has 40 heavy (non-hydrogen) atoms. The van der Waals surface area contributed by atoms with Gasteiger partial charge in [0.15, 0.2) is 5.13 Å². The number of carbonyl (C=O) groups excluding carboxylic acids is 2. The van der Waals surface area contributed by atoms with Crippen LogP contribution >= 0.6 is 22.9 Å². The normalized spacial score (nSPS) is 14.1. The van der Waals surface area contributed by atoms with E-state index >= 15 is 0 Å². The van der Waals surface area contributed by atoms with Gasteiger partial charge in [0, 0.05) is 45.8 Å². The molecule has 210 valence electrons. The maximum absolute atomic E-state index is 14.1. The molecule has 4 aromatic rings. The topological polar surface area (TPSA) is 67.7 Å². The van der Waals surface area contributed by atoms with E-state index in [1.54, 1.807) is 35.0 Å². The maximum Gasteiger partial charge on any atom is 0.262 e. The first-order valence-electron chi connectivity index (χ1n) is 13.8. The van der Waals surface area contributed by atoms with Crippen molar-refractivity contribution < 1.29 is 14.3 Å². The standard InChI is InChI=1S/C31H35ClN4O3S/c1-21-26(20-29(37)36(31-33-15-18-40-31)24-7-5-4-6-8-24)27-19-25(39-17-16-34(2)3)13-14-28(27)35(21)30(38)22-9-11-23(32)12-10-22/h9-15,18-19,24H,4-8,16-17,20H2,1-3H3. The van der Waals surface area contributed by atoms with E-state index in [2.05, 4.69) is 9.88 Å². The summed E-state index contributed by atoms with van der Waals surface area (Å²) in [4.78, 5) is 36.3. The van der Waals surface area contributed by atoms with Crippen LogP contribution in [0.5, 0.6) is 5.75 Å². The van der Waals surface area contributed by atoms with Crippen LogP contribution in [-0.2, 0) is 11.2 Å². The highest BCUT2D eigenvalue weighted by Gasteiger charge is 2.30. The minimum Gasteiger partial charge on any atom is -0.492 e. The third-order valence-corrected chi connectivity index (χ3v) is 8.59. The molecule has 5 rings (SSSR count). The van der Waals surface area contributed by atoms with E-state index in [0.29, 0.717) is 22.9 Å². The second-order valence-electron chi connectivity index (χ2n) is 10.6. The first-order valence-corrected chi connectivity index (χ1v) is 15.0. The number of carbonyl (C=O) groups is 2. The number of aromatic nitrogens is 2. The third-order valence-electron chi connectivity index (χ3n) is 7.57. The second-order valence-corrected chi connectivity index (χ2v) is 11.9. The van der Waals surface area contributed by atoms with Gasteiger partial charge in [0.1, 0.15) is 12.4 Å². The molecule has 2 aromatic carbocycles. The smallest absolute Gasteiger partial charge is 0.262 e. The Kier molecular flexibility index (Phi) is 8.88. The quantitative estimate of drug-likeness (QED) is 0.224. The Morgan fingerprint density at radius 2 is 1.85 bits per heavy atom. The fourth-order valence-electron chi connectivity index (χ4n) is 5.48. The average Bonchev–Trinajstić information content (AvgIpc) is 3.56. The van der Waals surface area contributed by atoms with Gasteiger partial charge >= 0.3 is 0 Å². The summed E-state index contributed by atoms with van der Waals surface area (Å²) >= 11 is 7.58. The van der Waals surface area contributed by atoms with Crippen molar-refractivity contribution in [3.63, 3.8) is 0 Å². The highest BCUT2D eigenvalue weighted by molar-refractivity contribution is 7.13. The van der Waals surface area contributed by atoms with Gasteiger partial charge in [-0.1, -0.05) is 30.9 Å². The van der Waals surface area contributed by atoms with Gasteiger partial charge in [-0.2, -0.15) is 0 Å². The van der Waals surface area contributed by atoms with Gasteiger partial charge < -0.3 is 9.64 Å². The summed E-state index contributed by atoms with van der Waals surface area (Å²) in [5.74, 6) is 0.549. The minimum atomic E-state index is -0.164. The molecule has 7 nitrogen and oxygen atoms in total. The zero-order valence-electron chi connectivity index (χ0n) is 23.2. The highest BCUT2D eigenvalue weighted by Crippen LogP contribution is 2.34. The predicted molar refractivity (Wildman–Crippen MR) is 162 cm³/mol. The number of nitrogens with zero attached hydrogens (tertiary/aromatic N) is 4. The number of likely N-dealkylation sites (N-methyl/N-ethyl adjacent to an activating group) is 1. The number of ether oxygens (including phenoxy) is 1. The first kappa shape index (κ1) is 28.3. The molecule has 0 aliphatic heterocycles. The number of benzene rings is 2. The highest BCUT2D eigenvalue weighted by atomic mass is 35.5. The van der Waals surface area contributed by atoms with Crippen LogP contribution in [0.15, 0.2) is 54.0 Å². The number of rotatable bonds is 9.